The Morgan fingerprint density at radius 3 is 2.49 bits per heavy atom. The average molecular weight is 582 g/mol. The first-order valence-corrected chi connectivity index (χ1v) is 12.7. The molecular formula is C26H30F3N5O7. The molecule has 12 nitrogen and oxygen atoms in total. The maximum absolute atomic E-state index is 11.3. The second kappa shape index (κ2) is 11.9. The van der Waals surface area contributed by atoms with E-state index < -0.39 is 24.2 Å². The van der Waals surface area contributed by atoms with Crippen molar-refractivity contribution in [2.75, 3.05) is 37.8 Å². The summed E-state index contributed by atoms with van der Waals surface area (Å²) in [6, 6.07) is 3.36. The molecule has 3 N–H and O–H groups in total. The molecule has 0 unspecified atom stereocenters. The highest BCUT2D eigenvalue weighted by Gasteiger charge is 2.50. The monoisotopic (exact) mass is 581 g/mol. The number of nitrogens with zero attached hydrogens (tertiary/aromatic N) is 4. The summed E-state index contributed by atoms with van der Waals surface area (Å²) in [5, 5.41) is 23.8. The molecule has 3 saturated heterocycles. The van der Waals surface area contributed by atoms with E-state index in [1.807, 2.05) is 26.1 Å². The fourth-order valence-electron chi connectivity index (χ4n) is 4.60. The quantitative estimate of drug-likeness (QED) is 0.450. The van der Waals surface area contributed by atoms with Crippen molar-refractivity contribution in [2.24, 2.45) is 7.05 Å². The Labute approximate surface area is 233 Å². The van der Waals surface area contributed by atoms with Crippen LogP contribution in [0.15, 0.2) is 18.3 Å². The third kappa shape index (κ3) is 6.89. The van der Waals surface area contributed by atoms with Gasteiger partial charge in [-0.1, -0.05) is 5.92 Å². The molecule has 3 aliphatic heterocycles. The predicted molar refractivity (Wildman–Crippen MR) is 137 cm³/mol. The van der Waals surface area contributed by atoms with Gasteiger partial charge in [-0.05, 0) is 31.9 Å². The minimum absolute atomic E-state index is 0.0502. The van der Waals surface area contributed by atoms with Crippen molar-refractivity contribution in [3.8, 4) is 17.7 Å². The number of hydrogen-bond acceptors (Lipinski definition) is 9. The summed E-state index contributed by atoms with van der Waals surface area (Å²) in [5.74, 6) is 3.13. The molecule has 5 rings (SSSR count). The first-order chi connectivity index (χ1) is 19.3. The van der Waals surface area contributed by atoms with Crippen molar-refractivity contribution in [1.29, 1.82) is 0 Å². The number of nitrogens with one attached hydrogen (secondary N) is 1. The van der Waals surface area contributed by atoms with Crippen LogP contribution in [0.25, 0.3) is 0 Å². The van der Waals surface area contributed by atoms with Gasteiger partial charge in [-0.2, -0.15) is 18.3 Å². The largest absolute Gasteiger partial charge is 0.490 e. The van der Waals surface area contributed by atoms with Gasteiger partial charge in [-0.25, -0.2) is 9.78 Å². The summed E-state index contributed by atoms with van der Waals surface area (Å²) in [6.45, 7) is 6.92. The van der Waals surface area contributed by atoms with Crippen molar-refractivity contribution in [2.45, 2.75) is 50.2 Å². The van der Waals surface area contributed by atoms with Gasteiger partial charge in [-0.15, -0.1) is 0 Å². The standard InChI is InChI=1S/C24H29N5O5.C2HF3O2/c1-15-8-18(27-28(15)3)5-4-17-9-21(29-6-7-33-24(16(29)2)13-32-14-24)22(26-11-17)34-19-10-20(23(30)31)25-12-19;3-2(4,5)1(6)7/h8-9,11,16,19-20,25H,6-7,10,12-14H2,1-3H3,(H,30,31);(H,6,7)/t16-,19-,20-;/m0./s1. The number of halogens is 3. The van der Waals surface area contributed by atoms with Crippen LogP contribution in [0.3, 0.4) is 0 Å². The van der Waals surface area contributed by atoms with E-state index in [2.05, 4.69) is 39.1 Å². The van der Waals surface area contributed by atoms with E-state index in [0.29, 0.717) is 50.9 Å². The van der Waals surface area contributed by atoms with Crippen LogP contribution >= 0.6 is 0 Å². The van der Waals surface area contributed by atoms with Crippen LogP contribution in [0.1, 0.15) is 30.3 Å². The van der Waals surface area contributed by atoms with Crippen molar-refractivity contribution in [3.05, 3.63) is 35.3 Å². The Balaban J connectivity index is 0.000000493. The number of carbonyl (C=O) groups is 2. The number of carboxylic acids is 2. The molecule has 1 spiro atoms. The molecule has 222 valence electrons. The van der Waals surface area contributed by atoms with Crippen LogP contribution in [0, 0.1) is 18.8 Å². The van der Waals surface area contributed by atoms with Gasteiger partial charge in [0.15, 0.2) is 0 Å². The number of aromatic nitrogens is 3. The Hall–Kier alpha value is -3.87. The van der Waals surface area contributed by atoms with Crippen LogP contribution < -0.4 is 15.0 Å². The summed E-state index contributed by atoms with van der Waals surface area (Å²) < 4.78 is 51.3. The molecular weight excluding hydrogens is 551 g/mol. The van der Waals surface area contributed by atoms with E-state index in [9.17, 15) is 23.1 Å². The molecule has 2 aromatic heterocycles. The molecule has 0 radical (unpaired) electrons. The fourth-order valence-corrected chi connectivity index (χ4v) is 4.60. The molecule has 2 aromatic rings. The minimum Gasteiger partial charge on any atom is -0.480 e. The maximum atomic E-state index is 11.3. The Morgan fingerprint density at radius 2 is 1.95 bits per heavy atom. The average Bonchev–Trinajstić information content (AvgIpc) is 3.48. The lowest BCUT2D eigenvalue weighted by molar-refractivity contribution is -0.228. The van der Waals surface area contributed by atoms with Crippen molar-refractivity contribution in [1.82, 2.24) is 20.1 Å². The number of pyridine rings is 1. The highest BCUT2D eigenvalue weighted by atomic mass is 19.4. The lowest BCUT2D eigenvalue weighted by atomic mass is 9.90. The van der Waals surface area contributed by atoms with E-state index in [1.165, 1.54) is 0 Å². The molecule has 0 amide bonds. The maximum Gasteiger partial charge on any atom is 0.490 e. The van der Waals surface area contributed by atoms with Gasteiger partial charge >= 0.3 is 18.1 Å². The van der Waals surface area contributed by atoms with Crippen LogP contribution in [-0.2, 0) is 26.1 Å². The minimum atomic E-state index is -5.08. The van der Waals surface area contributed by atoms with Crippen molar-refractivity contribution in [3.63, 3.8) is 0 Å². The summed E-state index contributed by atoms with van der Waals surface area (Å²) in [6.07, 6.45) is -3.29. The zero-order valence-electron chi connectivity index (χ0n) is 22.6. The summed E-state index contributed by atoms with van der Waals surface area (Å²) in [5.41, 5.74) is 2.96. The molecule has 3 fully saturated rings. The summed E-state index contributed by atoms with van der Waals surface area (Å²) in [7, 11) is 1.89. The van der Waals surface area contributed by atoms with E-state index in [4.69, 9.17) is 24.1 Å². The van der Waals surface area contributed by atoms with Crippen LogP contribution in [0.5, 0.6) is 5.88 Å². The second-order valence-corrected chi connectivity index (χ2v) is 9.95. The topological polar surface area (TPSA) is 148 Å². The smallest absolute Gasteiger partial charge is 0.480 e. The van der Waals surface area contributed by atoms with E-state index in [-0.39, 0.29) is 17.7 Å². The Kier molecular flexibility index (Phi) is 8.76. The first kappa shape index (κ1) is 30.1. The number of anilines is 1. The molecule has 3 atom stereocenters. The van der Waals surface area contributed by atoms with Crippen LogP contribution in [0.4, 0.5) is 18.9 Å². The first-order valence-electron chi connectivity index (χ1n) is 12.7. The van der Waals surface area contributed by atoms with Crippen LogP contribution in [0.2, 0.25) is 0 Å². The number of aliphatic carboxylic acids is 2. The molecule has 41 heavy (non-hydrogen) atoms. The zero-order valence-corrected chi connectivity index (χ0v) is 22.6. The number of alkyl halides is 3. The van der Waals surface area contributed by atoms with Gasteiger partial charge in [0.25, 0.3) is 0 Å². The SMILES string of the molecule is Cc1cc(C#Cc2cnc(O[C@@H]3CN[C@H](C(=O)O)C3)c(N3CCOC4(COC4)[C@@H]3C)c2)nn1C.O=C(O)C(F)(F)F. The van der Waals surface area contributed by atoms with Crippen LogP contribution in [-0.4, -0.2) is 99.8 Å². The number of carboxylic acid groups (broad SMARTS) is 2. The van der Waals surface area contributed by atoms with Gasteiger partial charge in [0.2, 0.25) is 5.88 Å². The van der Waals surface area contributed by atoms with Crippen molar-refractivity contribution >= 4 is 17.6 Å². The van der Waals surface area contributed by atoms with E-state index in [0.717, 1.165) is 16.9 Å². The molecule has 5 heterocycles. The number of hydrogen-bond donors (Lipinski definition) is 3. The predicted octanol–water partition coefficient (Wildman–Crippen LogP) is 1.34. The van der Waals surface area contributed by atoms with E-state index >= 15 is 0 Å². The number of ether oxygens (including phenoxy) is 3. The number of rotatable bonds is 4. The highest BCUT2D eigenvalue weighted by molar-refractivity contribution is 5.74. The normalized spacial score (nSPS) is 23.1. The lowest BCUT2D eigenvalue weighted by Gasteiger charge is -2.53. The van der Waals surface area contributed by atoms with Crippen molar-refractivity contribution < 1.29 is 47.2 Å². The molecule has 0 bridgehead atoms. The van der Waals surface area contributed by atoms with Gasteiger partial charge in [0.05, 0.1) is 25.9 Å². The molecule has 0 aromatic carbocycles. The second-order valence-electron chi connectivity index (χ2n) is 9.95. The Bertz CT molecular complexity index is 1330. The van der Waals surface area contributed by atoms with Gasteiger partial charge in [0, 0.05) is 44.0 Å². The molecule has 0 saturated carbocycles. The molecule has 0 aliphatic carbocycles. The van der Waals surface area contributed by atoms with E-state index in [1.54, 1.807) is 10.9 Å². The third-order valence-electron chi connectivity index (χ3n) is 7.14. The van der Waals surface area contributed by atoms with Gasteiger partial charge < -0.3 is 34.6 Å². The lowest BCUT2D eigenvalue weighted by Crippen LogP contribution is -2.68. The number of aryl methyl sites for hydroxylation is 2. The molecule has 15 heteroatoms. The van der Waals surface area contributed by atoms with Gasteiger partial charge in [0.1, 0.15) is 29.1 Å². The highest BCUT2D eigenvalue weighted by Crippen LogP contribution is 2.38. The van der Waals surface area contributed by atoms with Gasteiger partial charge in [-0.3, -0.25) is 9.48 Å². The summed E-state index contributed by atoms with van der Waals surface area (Å²) >= 11 is 0. The molecule has 3 aliphatic rings. The summed E-state index contributed by atoms with van der Waals surface area (Å²) in [4.78, 5) is 27.1. The third-order valence-corrected chi connectivity index (χ3v) is 7.14. The Morgan fingerprint density at radius 1 is 1.24 bits per heavy atom. The number of morpholine rings is 1. The zero-order chi connectivity index (χ0) is 29.9. The fraction of sp³-hybridized carbons (Fsp3) is 0.538.